The summed E-state index contributed by atoms with van der Waals surface area (Å²) >= 11 is 5.16. The van der Waals surface area contributed by atoms with Gasteiger partial charge in [-0.25, -0.2) is 5.10 Å². The SMILES string of the molecule is CC1(Cn2c(N)n[nH]c2=S)CCCCC1. The molecule has 0 radical (unpaired) electrons. The van der Waals surface area contributed by atoms with Crippen molar-refractivity contribution in [2.75, 3.05) is 5.73 Å². The summed E-state index contributed by atoms with van der Waals surface area (Å²) in [5, 5.41) is 6.67. The Morgan fingerprint density at radius 2 is 2.13 bits per heavy atom. The van der Waals surface area contributed by atoms with Gasteiger partial charge in [0, 0.05) is 6.54 Å². The van der Waals surface area contributed by atoms with Crippen LogP contribution in [0.1, 0.15) is 39.0 Å². The molecule has 1 heterocycles. The molecule has 0 bridgehead atoms. The molecule has 0 spiro atoms. The molecule has 0 aliphatic heterocycles. The Hall–Kier alpha value is -0.840. The highest BCUT2D eigenvalue weighted by molar-refractivity contribution is 7.71. The Labute approximate surface area is 94.9 Å². The van der Waals surface area contributed by atoms with Gasteiger partial charge in [0.1, 0.15) is 0 Å². The average Bonchev–Trinajstić information content (AvgIpc) is 2.50. The van der Waals surface area contributed by atoms with Gasteiger partial charge in [0.15, 0.2) is 4.77 Å². The van der Waals surface area contributed by atoms with E-state index in [1.165, 1.54) is 32.1 Å². The number of hydrogen-bond acceptors (Lipinski definition) is 3. The third kappa shape index (κ3) is 2.22. The van der Waals surface area contributed by atoms with E-state index in [9.17, 15) is 0 Å². The maximum absolute atomic E-state index is 5.77. The van der Waals surface area contributed by atoms with Crippen molar-refractivity contribution >= 4 is 18.2 Å². The molecule has 1 fully saturated rings. The number of H-pyrrole nitrogens is 1. The fourth-order valence-corrected chi connectivity index (χ4v) is 2.63. The van der Waals surface area contributed by atoms with Crippen LogP contribution in [0.2, 0.25) is 0 Å². The van der Waals surface area contributed by atoms with Crippen LogP contribution in [0.3, 0.4) is 0 Å². The lowest BCUT2D eigenvalue weighted by Crippen LogP contribution is -2.26. The number of anilines is 1. The van der Waals surface area contributed by atoms with Crippen LogP contribution in [0.25, 0.3) is 0 Å². The third-order valence-electron chi connectivity index (χ3n) is 3.39. The lowest BCUT2D eigenvalue weighted by molar-refractivity contribution is 0.183. The molecule has 0 unspecified atom stereocenters. The Bertz CT molecular complexity index is 386. The number of nitrogens with two attached hydrogens (primary N) is 1. The fraction of sp³-hybridized carbons (Fsp3) is 0.800. The molecule has 0 saturated heterocycles. The van der Waals surface area contributed by atoms with E-state index in [1.54, 1.807) is 0 Å². The van der Waals surface area contributed by atoms with Crippen molar-refractivity contribution in [3.8, 4) is 0 Å². The van der Waals surface area contributed by atoms with E-state index >= 15 is 0 Å². The summed E-state index contributed by atoms with van der Waals surface area (Å²) in [5.41, 5.74) is 6.11. The average molecular weight is 226 g/mol. The fourth-order valence-electron chi connectivity index (χ4n) is 2.43. The maximum atomic E-state index is 5.77. The van der Waals surface area contributed by atoms with E-state index in [-0.39, 0.29) is 0 Å². The second-order valence-corrected chi connectivity index (χ2v) is 5.23. The molecular formula is C10H18N4S. The maximum Gasteiger partial charge on any atom is 0.220 e. The molecule has 4 nitrogen and oxygen atoms in total. The summed E-state index contributed by atoms with van der Waals surface area (Å²) in [6, 6.07) is 0. The van der Waals surface area contributed by atoms with Gasteiger partial charge >= 0.3 is 0 Å². The van der Waals surface area contributed by atoms with Gasteiger partial charge in [0.25, 0.3) is 0 Å². The minimum Gasteiger partial charge on any atom is -0.368 e. The van der Waals surface area contributed by atoms with Crippen LogP contribution in [0.15, 0.2) is 0 Å². The van der Waals surface area contributed by atoms with Crippen molar-refractivity contribution < 1.29 is 0 Å². The Morgan fingerprint density at radius 1 is 1.47 bits per heavy atom. The van der Waals surface area contributed by atoms with Crippen molar-refractivity contribution in [2.24, 2.45) is 5.41 Å². The van der Waals surface area contributed by atoms with Crippen molar-refractivity contribution in [1.29, 1.82) is 0 Å². The van der Waals surface area contributed by atoms with Gasteiger partial charge < -0.3 is 5.73 Å². The molecule has 3 N–H and O–H groups in total. The summed E-state index contributed by atoms with van der Waals surface area (Å²) in [6.07, 6.45) is 6.53. The second kappa shape index (κ2) is 3.96. The van der Waals surface area contributed by atoms with Gasteiger partial charge in [-0.3, -0.25) is 4.57 Å². The number of aromatic amines is 1. The van der Waals surface area contributed by atoms with E-state index in [0.717, 1.165) is 6.54 Å². The summed E-state index contributed by atoms with van der Waals surface area (Å²) in [6.45, 7) is 3.22. The number of nitrogens with one attached hydrogen (secondary N) is 1. The molecule has 84 valence electrons. The highest BCUT2D eigenvalue weighted by atomic mass is 32.1. The first-order chi connectivity index (χ1) is 7.11. The topological polar surface area (TPSA) is 59.6 Å². The molecule has 2 rings (SSSR count). The first kappa shape index (κ1) is 10.7. The van der Waals surface area contributed by atoms with E-state index < -0.39 is 0 Å². The number of rotatable bonds is 2. The Morgan fingerprint density at radius 3 is 2.67 bits per heavy atom. The van der Waals surface area contributed by atoms with Crippen LogP contribution in [-0.4, -0.2) is 14.8 Å². The van der Waals surface area contributed by atoms with Crippen molar-refractivity contribution in [1.82, 2.24) is 14.8 Å². The van der Waals surface area contributed by atoms with E-state index in [0.29, 0.717) is 16.1 Å². The molecule has 1 saturated carbocycles. The summed E-state index contributed by atoms with van der Waals surface area (Å²) in [4.78, 5) is 0. The molecule has 0 amide bonds. The van der Waals surface area contributed by atoms with Gasteiger partial charge in [0.2, 0.25) is 5.95 Å². The standard InChI is InChI=1S/C10H18N4S/c1-10(5-3-2-4-6-10)7-14-8(11)12-13-9(14)15/h2-7H2,1H3,(H2,11,12)(H,13,15). The second-order valence-electron chi connectivity index (χ2n) is 4.84. The first-order valence-electron chi connectivity index (χ1n) is 5.51. The zero-order chi connectivity index (χ0) is 10.9. The van der Waals surface area contributed by atoms with Crippen LogP contribution in [0.5, 0.6) is 0 Å². The monoisotopic (exact) mass is 226 g/mol. The molecule has 15 heavy (non-hydrogen) atoms. The highest BCUT2D eigenvalue weighted by Gasteiger charge is 2.28. The van der Waals surface area contributed by atoms with Gasteiger partial charge in [-0.05, 0) is 30.5 Å². The minimum absolute atomic E-state index is 0.342. The molecule has 1 aromatic rings. The van der Waals surface area contributed by atoms with E-state index in [1.807, 2.05) is 4.57 Å². The molecule has 0 atom stereocenters. The van der Waals surface area contributed by atoms with Crippen LogP contribution in [0.4, 0.5) is 5.95 Å². The van der Waals surface area contributed by atoms with E-state index in [2.05, 4.69) is 17.1 Å². The smallest absolute Gasteiger partial charge is 0.220 e. The van der Waals surface area contributed by atoms with Crippen LogP contribution in [-0.2, 0) is 6.54 Å². The number of aromatic nitrogens is 3. The molecular weight excluding hydrogens is 208 g/mol. The predicted molar refractivity (Wildman–Crippen MR) is 63.0 cm³/mol. The predicted octanol–water partition coefficient (Wildman–Crippen LogP) is 2.49. The summed E-state index contributed by atoms with van der Waals surface area (Å²) in [7, 11) is 0. The quantitative estimate of drug-likeness (QED) is 0.762. The molecule has 0 aromatic carbocycles. The van der Waals surface area contributed by atoms with Crippen molar-refractivity contribution in [3.63, 3.8) is 0 Å². The largest absolute Gasteiger partial charge is 0.368 e. The van der Waals surface area contributed by atoms with Crippen LogP contribution in [0, 0.1) is 10.2 Å². The first-order valence-corrected chi connectivity index (χ1v) is 5.92. The lowest BCUT2D eigenvalue weighted by Gasteiger charge is -2.33. The van der Waals surface area contributed by atoms with Gasteiger partial charge in [-0.2, -0.15) is 0 Å². The number of hydrogen-bond donors (Lipinski definition) is 2. The molecule has 1 aliphatic rings. The highest BCUT2D eigenvalue weighted by Crippen LogP contribution is 2.37. The molecule has 1 aromatic heterocycles. The van der Waals surface area contributed by atoms with Gasteiger partial charge in [-0.1, -0.05) is 26.2 Å². The normalized spacial score (nSPS) is 20.3. The van der Waals surface area contributed by atoms with Crippen LogP contribution < -0.4 is 5.73 Å². The van der Waals surface area contributed by atoms with Crippen molar-refractivity contribution in [2.45, 2.75) is 45.6 Å². The van der Waals surface area contributed by atoms with Crippen LogP contribution >= 0.6 is 12.2 Å². The number of nitrogen functional groups attached to an aromatic ring is 1. The van der Waals surface area contributed by atoms with Crippen molar-refractivity contribution in [3.05, 3.63) is 4.77 Å². The zero-order valence-electron chi connectivity index (χ0n) is 9.12. The lowest BCUT2D eigenvalue weighted by atomic mass is 9.76. The zero-order valence-corrected chi connectivity index (χ0v) is 9.94. The Kier molecular flexibility index (Phi) is 2.82. The minimum atomic E-state index is 0.342. The van der Waals surface area contributed by atoms with Gasteiger partial charge in [-0.15, -0.1) is 5.10 Å². The molecule has 5 heteroatoms. The number of nitrogens with zero attached hydrogens (tertiary/aromatic N) is 2. The van der Waals surface area contributed by atoms with E-state index in [4.69, 9.17) is 18.0 Å². The van der Waals surface area contributed by atoms with Gasteiger partial charge in [0.05, 0.1) is 0 Å². The summed E-state index contributed by atoms with van der Waals surface area (Å²) in [5.74, 6) is 0.506. The third-order valence-corrected chi connectivity index (χ3v) is 3.70. The molecule has 1 aliphatic carbocycles. The summed E-state index contributed by atoms with van der Waals surface area (Å²) < 4.78 is 2.56. The Balaban J connectivity index is 2.17.